The van der Waals surface area contributed by atoms with Gasteiger partial charge >= 0.3 is 0 Å². The van der Waals surface area contributed by atoms with Crippen molar-refractivity contribution in [3.63, 3.8) is 0 Å². The Kier molecular flexibility index (Phi) is 7.10. The molecule has 3 heterocycles. The maximum absolute atomic E-state index is 13.7. The van der Waals surface area contributed by atoms with Crippen LogP contribution in [0.15, 0.2) is 58.0 Å². The van der Waals surface area contributed by atoms with E-state index in [1.54, 1.807) is 11.0 Å². The molecule has 1 saturated carbocycles. The van der Waals surface area contributed by atoms with Crippen molar-refractivity contribution < 1.29 is 23.8 Å². The van der Waals surface area contributed by atoms with Crippen LogP contribution in [0.5, 0.6) is 0 Å². The minimum atomic E-state index is -0.266. The highest BCUT2D eigenvalue weighted by Crippen LogP contribution is 2.50. The second-order valence-corrected chi connectivity index (χ2v) is 11.4. The predicted octanol–water partition coefficient (Wildman–Crippen LogP) is 5.76. The van der Waals surface area contributed by atoms with E-state index in [-0.39, 0.29) is 48.3 Å². The molecule has 3 fully saturated rings. The Hall–Kier alpha value is -2.96. The standard InChI is InChI=1S/C32H37NO5/c1-20-16-26-30(32(36)33(31(26)35)23-10-6-3-7-11-23)27-19-37-28(29(20)27)15-12-22(21-8-4-2-5-9-21)17-24-13-14-25(18-34)38-24/h2,4-5,8-9,13-14,17,23,26-28,30,34H,3,6-7,10-12,15-16,18-19H2,1H3/b22-17-/t26-,27+,28-,30-/m1/s1. The van der Waals surface area contributed by atoms with E-state index in [2.05, 4.69) is 19.1 Å². The molecule has 2 aliphatic heterocycles. The summed E-state index contributed by atoms with van der Waals surface area (Å²) in [5.41, 5.74) is 4.75. The number of carbonyl (C=O) groups excluding carboxylic acids is 2. The molecule has 1 N–H and O–H groups in total. The van der Waals surface area contributed by atoms with Crippen LogP contribution in [0.2, 0.25) is 0 Å². The molecular formula is C32H37NO5. The van der Waals surface area contributed by atoms with Gasteiger partial charge in [-0.15, -0.1) is 0 Å². The Bertz CT molecular complexity index is 1250. The summed E-state index contributed by atoms with van der Waals surface area (Å²) in [4.78, 5) is 28.8. The van der Waals surface area contributed by atoms with Gasteiger partial charge in [0.1, 0.15) is 18.1 Å². The molecule has 2 amide bonds. The van der Waals surface area contributed by atoms with Gasteiger partial charge in [-0.3, -0.25) is 14.5 Å². The summed E-state index contributed by atoms with van der Waals surface area (Å²) in [6.07, 6.45) is 9.53. The first kappa shape index (κ1) is 25.3. The van der Waals surface area contributed by atoms with E-state index in [1.807, 2.05) is 30.3 Å². The molecule has 38 heavy (non-hydrogen) atoms. The zero-order chi connectivity index (χ0) is 26.2. The van der Waals surface area contributed by atoms with Crippen LogP contribution in [0.3, 0.4) is 0 Å². The number of ether oxygens (including phenoxy) is 1. The number of likely N-dealkylation sites (tertiary alicyclic amines) is 1. The monoisotopic (exact) mass is 515 g/mol. The lowest BCUT2D eigenvalue weighted by molar-refractivity contribution is -0.143. The summed E-state index contributed by atoms with van der Waals surface area (Å²) in [5, 5.41) is 9.39. The molecule has 4 atom stereocenters. The first-order valence-corrected chi connectivity index (χ1v) is 14.2. The van der Waals surface area contributed by atoms with Crippen molar-refractivity contribution in [2.45, 2.75) is 77.0 Å². The summed E-state index contributed by atoms with van der Waals surface area (Å²) >= 11 is 0. The number of aliphatic hydroxyl groups is 1. The molecule has 0 radical (unpaired) electrons. The molecule has 1 aromatic heterocycles. The number of amides is 2. The minimum absolute atomic E-state index is 0.00475. The number of rotatable bonds is 7. The minimum Gasteiger partial charge on any atom is -0.459 e. The van der Waals surface area contributed by atoms with Crippen molar-refractivity contribution >= 4 is 23.5 Å². The molecule has 200 valence electrons. The fourth-order valence-electron chi connectivity index (χ4n) is 7.32. The highest BCUT2D eigenvalue weighted by Gasteiger charge is 2.57. The third-order valence-electron chi connectivity index (χ3n) is 9.10. The first-order valence-electron chi connectivity index (χ1n) is 14.2. The molecule has 0 unspecified atom stereocenters. The van der Waals surface area contributed by atoms with Crippen LogP contribution in [-0.2, 0) is 20.9 Å². The normalized spacial score (nSPS) is 28.3. The number of nitrogens with zero attached hydrogens (tertiary/aromatic N) is 1. The van der Waals surface area contributed by atoms with Gasteiger partial charge in [0.05, 0.1) is 24.5 Å². The number of furan rings is 1. The maximum atomic E-state index is 13.7. The van der Waals surface area contributed by atoms with E-state index in [4.69, 9.17) is 9.15 Å². The van der Waals surface area contributed by atoms with Gasteiger partial charge in [0.2, 0.25) is 11.8 Å². The molecule has 2 aromatic rings. The van der Waals surface area contributed by atoms with Gasteiger partial charge in [-0.25, -0.2) is 0 Å². The summed E-state index contributed by atoms with van der Waals surface area (Å²) in [7, 11) is 0. The molecular weight excluding hydrogens is 478 g/mol. The van der Waals surface area contributed by atoms with Crippen LogP contribution in [0.4, 0.5) is 0 Å². The number of imide groups is 1. The molecule has 1 aromatic carbocycles. The van der Waals surface area contributed by atoms with E-state index in [0.29, 0.717) is 24.5 Å². The number of hydrogen-bond acceptors (Lipinski definition) is 5. The highest BCUT2D eigenvalue weighted by molar-refractivity contribution is 6.06. The van der Waals surface area contributed by atoms with Crippen molar-refractivity contribution in [1.29, 1.82) is 0 Å². The van der Waals surface area contributed by atoms with E-state index >= 15 is 0 Å². The van der Waals surface area contributed by atoms with Crippen LogP contribution < -0.4 is 0 Å². The maximum Gasteiger partial charge on any atom is 0.234 e. The zero-order valence-electron chi connectivity index (χ0n) is 22.1. The SMILES string of the molecule is CC1=C2[C@@H](CC/C(=C/c3ccc(CO)o3)c3ccccc3)OC[C@@H]2[C@@H]2C(=O)N(C3CCCCC3)C(=O)[C@@H]2C1. The lowest BCUT2D eigenvalue weighted by Gasteiger charge is -2.31. The fraction of sp³-hybridized carbons (Fsp3) is 0.500. The number of aliphatic hydroxyl groups excluding tert-OH is 1. The third kappa shape index (κ3) is 4.58. The topological polar surface area (TPSA) is 80.0 Å². The summed E-state index contributed by atoms with van der Waals surface area (Å²) in [6, 6.07) is 14.0. The fourth-order valence-corrected chi connectivity index (χ4v) is 7.32. The predicted molar refractivity (Wildman–Crippen MR) is 144 cm³/mol. The summed E-state index contributed by atoms with van der Waals surface area (Å²) in [5.74, 6) is 0.882. The largest absolute Gasteiger partial charge is 0.459 e. The second-order valence-electron chi connectivity index (χ2n) is 11.4. The van der Waals surface area contributed by atoms with Gasteiger partial charge in [-0.1, -0.05) is 55.2 Å². The van der Waals surface area contributed by atoms with Crippen molar-refractivity contribution in [2.24, 2.45) is 17.8 Å². The molecule has 0 spiro atoms. The van der Waals surface area contributed by atoms with Gasteiger partial charge in [0.25, 0.3) is 0 Å². The van der Waals surface area contributed by atoms with Crippen LogP contribution in [0.1, 0.15) is 75.4 Å². The second kappa shape index (κ2) is 10.7. The van der Waals surface area contributed by atoms with Crippen LogP contribution in [-0.4, -0.2) is 40.6 Å². The number of hydrogen-bond donors (Lipinski definition) is 1. The molecule has 6 heteroatoms. The summed E-state index contributed by atoms with van der Waals surface area (Å²) < 4.78 is 12.1. The Labute approximate surface area is 224 Å². The van der Waals surface area contributed by atoms with Crippen molar-refractivity contribution in [1.82, 2.24) is 4.90 Å². The van der Waals surface area contributed by atoms with E-state index in [0.717, 1.165) is 49.7 Å². The number of carbonyl (C=O) groups is 2. The van der Waals surface area contributed by atoms with Crippen molar-refractivity contribution in [3.8, 4) is 0 Å². The Morgan fingerprint density at radius 1 is 1.03 bits per heavy atom. The van der Waals surface area contributed by atoms with E-state index < -0.39 is 0 Å². The number of fused-ring (bicyclic) bond motifs is 3. The number of benzene rings is 1. The van der Waals surface area contributed by atoms with Crippen molar-refractivity contribution in [2.75, 3.05) is 6.61 Å². The molecule has 2 saturated heterocycles. The Morgan fingerprint density at radius 2 is 1.82 bits per heavy atom. The molecule has 6 nitrogen and oxygen atoms in total. The van der Waals surface area contributed by atoms with Gasteiger partial charge < -0.3 is 14.3 Å². The summed E-state index contributed by atoms with van der Waals surface area (Å²) in [6.45, 7) is 2.52. The third-order valence-corrected chi connectivity index (χ3v) is 9.10. The highest BCUT2D eigenvalue weighted by atomic mass is 16.5. The van der Waals surface area contributed by atoms with Gasteiger partial charge in [-0.05, 0) is 73.9 Å². The van der Waals surface area contributed by atoms with Crippen LogP contribution in [0.25, 0.3) is 11.6 Å². The van der Waals surface area contributed by atoms with E-state index in [1.165, 1.54) is 17.6 Å². The quantitative estimate of drug-likeness (QED) is 0.375. The molecule has 6 rings (SSSR count). The first-order chi connectivity index (χ1) is 18.5. The van der Waals surface area contributed by atoms with Gasteiger partial charge in [0.15, 0.2) is 0 Å². The van der Waals surface area contributed by atoms with Gasteiger partial charge in [0, 0.05) is 12.0 Å². The lowest BCUT2D eigenvalue weighted by Crippen LogP contribution is -2.42. The van der Waals surface area contributed by atoms with Gasteiger partial charge in [-0.2, -0.15) is 0 Å². The smallest absolute Gasteiger partial charge is 0.234 e. The Morgan fingerprint density at radius 3 is 2.55 bits per heavy atom. The average molecular weight is 516 g/mol. The Balaban J connectivity index is 1.21. The zero-order valence-corrected chi connectivity index (χ0v) is 22.1. The molecule has 0 bridgehead atoms. The molecule has 4 aliphatic rings. The van der Waals surface area contributed by atoms with E-state index in [9.17, 15) is 14.7 Å². The lowest BCUT2D eigenvalue weighted by atomic mass is 9.70. The van der Waals surface area contributed by atoms with Crippen LogP contribution >= 0.6 is 0 Å². The number of allylic oxidation sites excluding steroid dienone is 2. The van der Waals surface area contributed by atoms with Crippen molar-refractivity contribution in [3.05, 3.63) is 70.7 Å². The average Bonchev–Trinajstić information content (AvgIpc) is 3.64. The molecule has 2 aliphatic carbocycles. The van der Waals surface area contributed by atoms with Crippen LogP contribution in [0, 0.1) is 17.8 Å².